The van der Waals surface area contributed by atoms with Gasteiger partial charge in [0.05, 0.1) is 12.2 Å². The molecule has 2 aromatic heterocycles. The molecule has 2 heterocycles. The standard InChI is InChI=1S/C16H12ClN3OS/c17-12-5-3-11(4-6-12)15(14-2-1-9-22-14)20-16(21)13-10-18-7-8-19-13/h1-10,15H,(H,20,21). The number of rotatable bonds is 4. The number of hydrogen-bond acceptors (Lipinski definition) is 4. The summed E-state index contributed by atoms with van der Waals surface area (Å²) in [4.78, 5) is 21.3. The van der Waals surface area contributed by atoms with E-state index in [9.17, 15) is 4.79 Å². The molecule has 1 atom stereocenters. The molecule has 6 heteroatoms. The molecule has 0 aliphatic rings. The molecule has 4 nitrogen and oxygen atoms in total. The number of amides is 1. The Morgan fingerprint density at radius 3 is 2.64 bits per heavy atom. The molecule has 0 radical (unpaired) electrons. The van der Waals surface area contributed by atoms with Gasteiger partial charge in [0.15, 0.2) is 0 Å². The molecule has 0 aliphatic heterocycles. The van der Waals surface area contributed by atoms with Gasteiger partial charge in [-0.25, -0.2) is 4.98 Å². The Morgan fingerprint density at radius 2 is 2.00 bits per heavy atom. The molecule has 0 saturated heterocycles. The number of carbonyl (C=O) groups excluding carboxylic acids is 1. The van der Waals surface area contributed by atoms with Crippen LogP contribution in [0.2, 0.25) is 5.02 Å². The van der Waals surface area contributed by atoms with Gasteiger partial charge in [0.25, 0.3) is 5.91 Å². The summed E-state index contributed by atoms with van der Waals surface area (Å²) >= 11 is 7.52. The highest BCUT2D eigenvalue weighted by Crippen LogP contribution is 2.27. The van der Waals surface area contributed by atoms with Crippen LogP contribution in [0.1, 0.15) is 27.0 Å². The number of aromatic nitrogens is 2. The number of nitrogens with one attached hydrogen (secondary N) is 1. The second-order valence-electron chi connectivity index (χ2n) is 4.56. The van der Waals surface area contributed by atoms with E-state index in [1.165, 1.54) is 18.6 Å². The van der Waals surface area contributed by atoms with Gasteiger partial charge in [0, 0.05) is 22.3 Å². The third-order valence-electron chi connectivity index (χ3n) is 3.10. The minimum atomic E-state index is -0.263. The fourth-order valence-electron chi connectivity index (χ4n) is 2.05. The van der Waals surface area contributed by atoms with Crippen molar-refractivity contribution >= 4 is 28.8 Å². The van der Waals surface area contributed by atoms with Crippen molar-refractivity contribution < 1.29 is 4.79 Å². The molecule has 0 saturated carbocycles. The molecule has 1 unspecified atom stereocenters. The number of nitrogens with zero attached hydrogens (tertiary/aromatic N) is 2. The van der Waals surface area contributed by atoms with Crippen LogP contribution in [0.25, 0.3) is 0 Å². The largest absolute Gasteiger partial charge is 0.339 e. The molecule has 0 bridgehead atoms. The fraction of sp³-hybridized carbons (Fsp3) is 0.0625. The van der Waals surface area contributed by atoms with Gasteiger partial charge in [-0.1, -0.05) is 29.8 Å². The van der Waals surface area contributed by atoms with Gasteiger partial charge in [0.1, 0.15) is 5.69 Å². The summed E-state index contributed by atoms with van der Waals surface area (Å²) in [5.41, 5.74) is 1.25. The Bertz CT molecular complexity index is 745. The lowest BCUT2D eigenvalue weighted by Crippen LogP contribution is -2.29. The van der Waals surface area contributed by atoms with Gasteiger partial charge >= 0.3 is 0 Å². The molecular formula is C16H12ClN3OS. The molecule has 0 fully saturated rings. The predicted molar refractivity (Wildman–Crippen MR) is 87.1 cm³/mol. The monoisotopic (exact) mass is 329 g/mol. The summed E-state index contributed by atoms with van der Waals surface area (Å²) in [6.07, 6.45) is 4.48. The highest BCUT2D eigenvalue weighted by atomic mass is 35.5. The van der Waals surface area contributed by atoms with Gasteiger partial charge in [-0.2, -0.15) is 0 Å². The molecule has 1 aromatic carbocycles. The first-order valence-electron chi connectivity index (χ1n) is 6.60. The topological polar surface area (TPSA) is 54.9 Å². The maximum Gasteiger partial charge on any atom is 0.272 e. The first-order valence-corrected chi connectivity index (χ1v) is 7.85. The zero-order valence-corrected chi connectivity index (χ0v) is 13.0. The van der Waals surface area contributed by atoms with Crippen molar-refractivity contribution in [1.29, 1.82) is 0 Å². The van der Waals surface area contributed by atoms with E-state index in [4.69, 9.17) is 11.6 Å². The molecule has 3 aromatic rings. The second kappa shape index (κ2) is 6.68. The van der Waals surface area contributed by atoms with Crippen LogP contribution in [-0.2, 0) is 0 Å². The van der Waals surface area contributed by atoms with Crippen LogP contribution in [0.3, 0.4) is 0 Å². The van der Waals surface area contributed by atoms with Crippen LogP contribution in [0.4, 0.5) is 0 Å². The van der Waals surface area contributed by atoms with Gasteiger partial charge in [-0.15, -0.1) is 11.3 Å². The minimum absolute atomic E-state index is 0.244. The maximum absolute atomic E-state index is 12.4. The highest BCUT2D eigenvalue weighted by molar-refractivity contribution is 7.10. The Balaban J connectivity index is 1.90. The Kier molecular flexibility index (Phi) is 4.46. The third kappa shape index (κ3) is 3.32. The SMILES string of the molecule is O=C(NC(c1ccc(Cl)cc1)c1cccs1)c1cnccn1. The van der Waals surface area contributed by atoms with E-state index in [0.29, 0.717) is 5.02 Å². The van der Waals surface area contributed by atoms with Crippen molar-refractivity contribution in [2.24, 2.45) is 0 Å². The van der Waals surface area contributed by atoms with Gasteiger partial charge in [-0.3, -0.25) is 9.78 Å². The lowest BCUT2D eigenvalue weighted by molar-refractivity contribution is 0.0938. The van der Waals surface area contributed by atoms with Crippen molar-refractivity contribution in [3.05, 3.63) is 81.5 Å². The summed E-state index contributed by atoms with van der Waals surface area (Å²) in [5, 5.41) is 5.64. The smallest absolute Gasteiger partial charge is 0.272 e. The van der Waals surface area contributed by atoms with Crippen molar-refractivity contribution in [2.45, 2.75) is 6.04 Å². The quantitative estimate of drug-likeness (QED) is 0.793. The van der Waals surface area contributed by atoms with Crippen LogP contribution in [0.15, 0.2) is 60.4 Å². The van der Waals surface area contributed by atoms with E-state index in [1.807, 2.05) is 41.8 Å². The zero-order chi connectivity index (χ0) is 15.4. The molecule has 1 N–H and O–H groups in total. The molecule has 110 valence electrons. The lowest BCUT2D eigenvalue weighted by atomic mass is 10.1. The molecule has 0 spiro atoms. The van der Waals surface area contributed by atoms with Crippen molar-refractivity contribution in [2.75, 3.05) is 0 Å². The Morgan fingerprint density at radius 1 is 1.18 bits per heavy atom. The average molecular weight is 330 g/mol. The van der Waals surface area contributed by atoms with Crippen molar-refractivity contribution in [3.63, 3.8) is 0 Å². The van der Waals surface area contributed by atoms with Crippen LogP contribution in [-0.4, -0.2) is 15.9 Å². The average Bonchev–Trinajstić information content (AvgIpc) is 3.08. The summed E-state index contributed by atoms with van der Waals surface area (Å²) in [5.74, 6) is -0.263. The molecule has 0 aliphatic carbocycles. The fourth-order valence-corrected chi connectivity index (χ4v) is 2.98. The Hall–Kier alpha value is -2.24. The van der Waals surface area contributed by atoms with E-state index in [2.05, 4.69) is 15.3 Å². The number of carbonyl (C=O) groups is 1. The van der Waals surface area contributed by atoms with E-state index in [-0.39, 0.29) is 17.6 Å². The maximum atomic E-state index is 12.4. The summed E-state index contributed by atoms with van der Waals surface area (Å²) < 4.78 is 0. The predicted octanol–water partition coefficient (Wildman–Crippen LogP) is 3.71. The number of benzene rings is 1. The van der Waals surface area contributed by atoms with E-state index in [0.717, 1.165) is 10.4 Å². The normalized spacial score (nSPS) is 11.9. The minimum Gasteiger partial charge on any atom is -0.339 e. The first-order chi connectivity index (χ1) is 10.7. The Labute approximate surface area is 136 Å². The summed E-state index contributed by atoms with van der Waals surface area (Å²) in [6, 6.07) is 11.1. The van der Waals surface area contributed by atoms with E-state index >= 15 is 0 Å². The highest BCUT2D eigenvalue weighted by Gasteiger charge is 2.19. The molecule has 1 amide bonds. The van der Waals surface area contributed by atoms with Gasteiger partial charge < -0.3 is 5.32 Å². The molecule has 3 rings (SSSR count). The van der Waals surface area contributed by atoms with Gasteiger partial charge in [0.2, 0.25) is 0 Å². The van der Waals surface area contributed by atoms with Crippen molar-refractivity contribution in [1.82, 2.24) is 15.3 Å². The van der Waals surface area contributed by atoms with Crippen LogP contribution in [0, 0.1) is 0 Å². The van der Waals surface area contributed by atoms with Crippen LogP contribution < -0.4 is 5.32 Å². The van der Waals surface area contributed by atoms with E-state index < -0.39 is 0 Å². The van der Waals surface area contributed by atoms with Crippen LogP contribution in [0.5, 0.6) is 0 Å². The molecular weight excluding hydrogens is 318 g/mol. The summed E-state index contributed by atoms with van der Waals surface area (Å²) in [7, 11) is 0. The van der Waals surface area contributed by atoms with Gasteiger partial charge in [-0.05, 0) is 29.1 Å². The number of halogens is 1. The lowest BCUT2D eigenvalue weighted by Gasteiger charge is -2.18. The number of hydrogen-bond donors (Lipinski definition) is 1. The number of thiophene rings is 1. The molecule has 22 heavy (non-hydrogen) atoms. The van der Waals surface area contributed by atoms with Crippen molar-refractivity contribution in [3.8, 4) is 0 Å². The zero-order valence-electron chi connectivity index (χ0n) is 11.4. The third-order valence-corrected chi connectivity index (χ3v) is 4.29. The van der Waals surface area contributed by atoms with Crippen LogP contribution >= 0.6 is 22.9 Å². The first kappa shape index (κ1) is 14.7. The summed E-state index contributed by atoms with van der Waals surface area (Å²) in [6.45, 7) is 0. The second-order valence-corrected chi connectivity index (χ2v) is 5.98. The van der Waals surface area contributed by atoms with E-state index in [1.54, 1.807) is 11.3 Å².